The number of hydrogen-bond donors (Lipinski definition) is 0. The molecule has 1 radical (unpaired) electrons. The Hall–Kier alpha value is -0.890. The van der Waals surface area contributed by atoms with Gasteiger partial charge in [-0.3, -0.25) is 0 Å². The molecule has 1 atom stereocenters. The summed E-state index contributed by atoms with van der Waals surface area (Å²) in [6, 6.07) is 7.34. The number of rotatable bonds is 2. The van der Waals surface area contributed by atoms with Crippen LogP contribution < -0.4 is 5.32 Å². The second-order valence-electron chi connectivity index (χ2n) is 3.50. The molecular weight excluding hydrogens is 165 g/mol. The van der Waals surface area contributed by atoms with Crippen LogP contribution >= 0.6 is 0 Å². The van der Waals surface area contributed by atoms with Gasteiger partial charge in [0.25, 0.3) is 0 Å². The van der Waals surface area contributed by atoms with Crippen LogP contribution in [0.3, 0.4) is 0 Å². The van der Waals surface area contributed by atoms with Crippen LogP contribution in [0.1, 0.15) is 18.4 Å². The van der Waals surface area contributed by atoms with Crippen LogP contribution in [0.4, 0.5) is 4.39 Å². The molecule has 0 spiro atoms. The van der Waals surface area contributed by atoms with Gasteiger partial charge in [-0.25, -0.2) is 9.71 Å². The Bertz CT molecular complexity index is 279. The van der Waals surface area contributed by atoms with Gasteiger partial charge >= 0.3 is 0 Å². The highest BCUT2D eigenvalue weighted by atomic mass is 19.1. The van der Waals surface area contributed by atoms with Crippen molar-refractivity contribution < 1.29 is 4.39 Å². The summed E-state index contributed by atoms with van der Waals surface area (Å²) in [6.45, 7) is 0.957. The highest BCUT2D eigenvalue weighted by Crippen LogP contribution is 2.15. The fourth-order valence-electron chi connectivity index (χ4n) is 1.78. The fraction of sp³-hybridized carbons (Fsp3) is 0.455. The van der Waals surface area contributed by atoms with E-state index >= 15 is 0 Å². The van der Waals surface area contributed by atoms with E-state index in [1.807, 2.05) is 12.1 Å². The van der Waals surface area contributed by atoms with Gasteiger partial charge in [0, 0.05) is 12.6 Å². The summed E-state index contributed by atoms with van der Waals surface area (Å²) in [5.74, 6) is -0.0930. The molecular formula is C11H13FN. The first-order valence-electron chi connectivity index (χ1n) is 4.76. The lowest BCUT2D eigenvalue weighted by Crippen LogP contribution is -2.17. The molecule has 1 fully saturated rings. The SMILES string of the molecule is Fc1ccccc1CC1CCC[N]1. The zero-order chi connectivity index (χ0) is 9.10. The lowest BCUT2D eigenvalue weighted by molar-refractivity contribution is 0.555. The zero-order valence-electron chi connectivity index (χ0n) is 7.54. The van der Waals surface area contributed by atoms with E-state index in [1.54, 1.807) is 6.07 Å². The monoisotopic (exact) mass is 178 g/mol. The van der Waals surface area contributed by atoms with E-state index in [2.05, 4.69) is 5.32 Å². The molecule has 1 aliphatic heterocycles. The lowest BCUT2D eigenvalue weighted by Gasteiger charge is -2.08. The van der Waals surface area contributed by atoms with Crippen molar-refractivity contribution in [1.29, 1.82) is 0 Å². The van der Waals surface area contributed by atoms with Crippen molar-refractivity contribution in [2.45, 2.75) is 25.3 Å². The van der Waals surface area contributed by atoms with Crippen LogP contribution in [0.2, 0.25) is 0 Å². The van der Waals surface area contributed by atoms with E-state index in [9.17, 15) is 4.39 Å². The Morgan fingerprint density at radius 3 is 2.92 bits per heavy atom. The topological polar surface area (TPSA) is 14.1 Å². The van der Waals surface area contributed by atoms with Crippen LogP contribution in [0.5, 0.6) is 0 Å². The molecule has 0 aromatic heterocycles. The third-order valence-corrected chi connectivity index (χ3v) is 2.50. The third-order valence-electron chi connectivity index (χ3n) is 2.50. The van der Waals surface area contributed by atoms with Gasteiger partial charge in [0.15, 0.2) is 0 Å². The molecule has 69 valence electrons. The molecule has 2 rings (SSSR count). The highest BCUT2D eigenvalue weighted by molar-refractivity contribution is 5.18. The predicted molar refractivity (Wildman–Crippen MR) is 50.1 cm³/mol. The minimum Gasteiger partial charge on any atom is -0.238 e. The average molecular weight is 178 g/mol. The Kier molecular flexibility index (Phi) is 2.60. The maximum absolute atomic E-state index is 13.2. The van der Waals surface area contributed by atoms with Gasteiger partial charge in [-0.05, 0) is 30.9 Å². The fourth-order valence-corrected chi connectivity index (χ4v) is 1.78. The molecule has 2 heteroatoms. The summed E-state index contributed by atoms with van der Waals surface area (Å²) in [6.07, 6.45) is 3.06. The Balaban J connectivity index is 2.04. The second-order valence-corrected chi connectivity index (χ2v) is 3.50. The first kappa shape index (κ1) is 8.70. The smallest absolute Gasteiger partial charge is 0.126 e. The maximum atomic E-state index is 13.2. The van der Waals surface area contributed by atoms with Crippen molar-refractivity contribution in [3.63, 3.8) is 0 Å². The molecule has 0 amide bonds. The Labute approximate surface area is 78.0 Å². The highest BCUT2D eigenvalue weighted by Gasteiger charge is 2.16. The van der Waals surface area contributed by atoms with Gasteiger partial charge in [0.1, 0.15) is 5.82 Å². The van der Waals surface area contributed by atoms with E-state index in [-0.39, 0.29) is 5.82 Å². The predicted octanol–water partition coefficient (Wildman–Crippen LogP) is 2.13. The zero-order valence-corrected chi connectivity index (χ0v) is 7.54. The summed E-state index contributed by atoms with van der Waals surface area (Å²) in [5.41, 5.74) is 0.804. The van der Waals surface area contributed by atoms with Crippen LogP contribution in [0.25, 0.3) is 0 Å². The van der Waals surface area contributed by atoms with Crippen molar-refractivity contribution in [3.8, 4) is 0 Å². The molecule has 1 nitrogen and oxygen atoms in total. The summed E-state index contributed by atoms with van der Waals surface area (Å²) in [7, 11) is 0. The van der Waals surface area contributed by atoms with Crippen molar-refractivity contribution in [2.75, 3.05) is 6.54 Å². The van der Waals surface area contributed by atoms with E-state index in [1.165, 1.54) is 12.5 Å². The van der Waals surface area contributed by atoms with Crippen molar-refractivity contribution in [3.05, 3.63) is 35.6 Å². The number of benzene rings is 1. The third kappa shape index (κ3) is 2.07. The standard InChI is InChI=1S/C11H13FN/c12-11-6-2-1-4-9(11)8-10-5-3-7-13-10/h1-2,4,6,10H,3,5,7-8H2. The first-order chi connectivity index (χ1) is 6.36. The minimum absolute atomic E-state index is 0.0930. The van der Waals surface area contributed by atoms with Gasteiger partial charge < -0.3 is 0 Å². The molecule has 0 bridgehead atoms. The van der Waals surface area contributed by atoms with Crippen LogP contribution in [-0.4, -0.2) is 12.6 Å². The number of hydrogen-bond acceptors (Lipinski definition) is 0. The van der Waals surface area contributed by atoms with Gasteiger partial charge in [0.2, 0.25) is 0 Å². The maximum Gasteiger partial charge on any atom is 0.126 e. The molecule has 1 unspecified atom stereocenters. The van der Waals surface area contributed by atoms with Crippen molar-refractivity contribution >= 4 is 0 Å². The average Bonchev–Trinajstić information content (AvgIpc) is 2.61. The Morgan fingerprint density at radius 2 is 2.23 bits per heavy atom. The largest absolute Gasteiger partial charge is 0.238 e. The molecule has 1 aromatic rings. The second kappa shape index (κ2) is 3.88. The molecule has 1 saturated heterocycles. The molecule has 0 N–H and O–H groups in total. The number of nitrogens with zero attached hydrogens (tertiary/aromatic N) is 1. The summed E-state index contributed by atoms with van der Waals surface area (Å²) in [4.78, 5) is 0. The molecule has 1 aromatic carbocycles. The first-order valence-corrected chi connectivity index (χ1v) is 4.76. The molecule has 1 heterocycles. The van der Waals surface area contributed by atoms with Gasteiger partial charge in [-0.1, -0.05) is 18.2 Å². The van der Waals surface area contributed by atoms with Crippen LogP contribution in [0.15, 0.2) is 24.3 Å². The molecule has 0 saturated carbocycles. The summed E-state index contributed by atoms with van der Waals surface area (Å²) in [5, 5.41) is 4.41. The van der Waals surface area contributed by atoms with E-state index in [0.29, 0.717) is 6.04 Å². The van der Waals surface area contributed by atoms with Crippen molar-refractivity contribution in [2.24, 2.45) is 0 Å². The summed E-state index contributed by atoms with van der Waals surface area (Å²) < 4.78 is 13.2. The molecule has 13 heavy (non-hydrogen) atoms. The normalized spacial score (nSPS) is 22.1. The molecule has 1 aliphatic rings. The minimum atomic E-state index is -0.0930. The lowest BCUT2D eigenvalue weighted by atomic mass is 10.0. The van der Waals surface area contributed by atoms with Gasteiger partial charge in [-0.2, -0.15) is 0 Å². The van der Waals surface area contributed by atoms with Crippen LogP contribution in [0, 0.1) is 5.82 Å². The quantitative estimate of drug-likeness (QED) is 0.658. The van der Waals surface area contributed by atoms with E-state index in [4.69, 9.17) is 0 Å². The van der Waals surface area contributed by atoms with Crippen molar-refractivity contribution in [1.82, 2.24) is 5.32 Å². The van der Waals surface area contributed by atoms with E-state index < -0.39 is 0 Å². The van der Waals surface area contributed by atoms with Gasteiger partial charge in [-0.15, -0.1) is 0 Å². The van der Waals surface area contributed by atoms with E-state index in [0.717, 1.165) is 24.9 Å². The van der Waals surface area contributed by atoms with Gasteiger partial charge in [0.05, 0.1) is 0 Å². The Morgan fingerprint density at radius 1 is 1.38 bits per heavy atom. The number of halogens is 1. The van der Waals surface area contributed by atoms with Crippen LogP contribution in [-0.2, 0) is 6.42 Å². The summed E-state index contributed by atoms with van der Waals surface area (Å²) >= 11 is 0. The molecule has 0 aliphatic carbocycles.